The van der Waals surface area contributed by atoms with Crippen molar-refractivity contribution in [3.05, 3.63) is 141 Å². The highest BCUT2D eigenvalue weighted by molar-refractivity contribution is 5.68. The minimum absolute atomic E-state index is 0.0692. The first-order valence-corrected chi connectivity index (χ1v) is 12.5. The summed E-state index contributed by atoms with van der Waals surface area (Å²) in [5, 5.41) is 15.1. The molecule has 0 spiro atoms. The van der Waals surface area contributed by atoms with Crippen molar-refractivity contribution in [3.63, 3.8) is 0 Å². The fourth-order valence-electron chi connectivity index (χ4n) is 5.07. The molecule has 0 bridgehead atoms. The number of nitrogens with zero attached hydrogens (tertiary/aromatic N) is 3. The van der Waals surface area contributed by atoms with Crippen molar-refractivity contribution in [2.45, 2.75) is 19.0 Å². The number of nitrogens with one attached hydrogen (secondary N) is 1. The number of methoxy groups -OCH3 is 1. The second kappa shape index (κ2) is 9.86. The van der Waals surface area contributed by atoms with Crippen LogP contribution in [-0.2, 0) is 13.0 Å². The Labute approximate surface area is 220 Å². The van der Waals surface area contributed by atoms with Crippen molar-refractivity contribution >= 4 is 11.4 Å². The normalized spacial score (nSPS) is 14.1. The molecule has 7 heteroatoms. The molecule has 1 aliphatic rings. The summed E-state index contributed by atoms with van der Waals surface area (Å²) in [6.07, 6.45) is 0.652. The average Bonchev–Trinajstić information content (AvgIpc) is 3.20. The van der Waals surface area contributed by atoms with Crippen LogP contribution in [0, 0.1) is 10.1 Å². The Balaban J connectivity index is 1.55. The van der Waals surface area contributed by atoms with Crippen LogP contribution < -0.4 is 10.1 Å². The Morgan fingerprint density at radius 3 is 2.37 bits per heavy atom. The van der Waals surface area contributed by atoms with Gasteiger partial charge in [0, 0.05) is 29.8 Å². The number of aromatic nitrogens is 2. The van der Waals surface area contributed by atoms with Gasteiger partial charge in [0.05, 0.1) is 36.0 Å². The number of non-ortho nitro benzene ring substituents is 1. The molecule has 0 fully saturated rings. The summed E-state index contributed by atoms with van der Waals surface area (Å²) in [6, 6.07) is 33.1. The van der Waals surface area contributed by atoms with Gasteiger partial charge in [-0.25, -0.2) is 4.98 Å². The number of hydrogen-bond acceptors (Lipinski definition) is 5. The fraction of sp³-hybridized carbons (Fsp3) is 0.129. The van der Waals surface area contributed by atoms with Crippen LogP contribution in [0.5, 0.6) is 5.75 Å². The third kappa shape index (κ3) is 4.39. The molecular formula is C31H26N4O3. The second-order valence-electron chi connectivity index (χ2n) is 9.32. The van der Waals surface area contributed by atoms with E-state index < -0.39 is 0 Å². The van der Waals surface area contributed by atoms with Crippen LogP contribution in [0.3, 0.4) is 0 Å². The first-order chi connectivity index (χ1) is 18.6. The van der Waals surface area contributed by atoms with Gasteiger partial charge >= 0.3 is 0 Å². The highest BCUT2D eigenvalue weighted by Gasteiger charge is 2.30. The lowest BCUT2D eigenvalue weighted by Gasteiger charge is -2.21. The minimum atomic E-state index is -0.369. The van der Waals surface area contributed by atoms with Gasteiger partial charge in [-0.2, -0.15) is 0 Å². The van der Waals surface area contributed by atoms with Gasteiger partial charge in [0.2, 0.25) is 0 Å². The lowest BCUT2D eigenvalue weighted by molar-refractivity contribution is -0.384. The number of rotatable bonds is 6. The Morgan fingerprint density at radius 2 is 1.66 bits per heavy atom. The van der Waals surface area contributed by atoms with E-state index in [0.29, 0.717) is 13.0 Å². The van der Waals surface area contributed by atoms with Gasteiger partial charge in [0.25, 0.3) is 5.69 Å². The zero-order chi connectivity index (χ0) is 26.1. The number of fused-ring (bicyclic) bond motifs is 2. The van der Waals surface area contributed by atoms with E-state index in [0.717, 1.165) is 50.9 Å². The predicted octanol–water partition coefficient (Wildman–Crippen LogP) is 6.62. The van der Waals surface area contributed by atoms with Gasteiger partial charge in [-0.15, -0.1) is 0 Å². The number of nitro benzene ring substituents is 1. The Bertz CT molecular complexity index is 1590. The van der Waals surface area contributed by atoms with E-state index in [1.54, 1.807) is 19.2 Å². The van der Waals surface area contributed by atoms with Gasteiger partial charge in [0.1, 0.15) is 11.6 Å². The first kappa shape index (κ1) is 23.5. The number of hydrogen-bond donors (Lipinski definition) is 1. The van der Waals surface area contributed by atoms with Gasteiger partial charge in [-0.3, -0.25) is 10.1 Å². The van der Waals surface area contributed by atoms with E-state index in [4.69, 9.17) is 9.72 Å². The summed E-state index contributed by atoms with van der Waals surface area (Å²) in [4.78, 5) is 16.2. The first-order valence-electron chi connectivity index (χ1n) is 12.5. The summed E-state index contributed by atoms with van der Waals surface area (Å²) in [7, 11) is 1.67. The summed E-state index contributed by atoms with van der Waals surface area (Å²) in [5.41, 5.74) is 7.29. The summed E-state index contributed by atoms with van der Waals surface area (Å²) in [6.45, 7) is 0.660. The quantitative estimate of drug-likeness (QED) is 0.208. The van der Waals surface area contributed by atoms with Crippen LogP contribution in [0.1, 0.15) is 34.3 Å². The van der Waals surface area contributed by atoms with Crippen molar-refractivity contribution in [2.75, 3.05) is 12.4 Å². The Kier molecular flexibility index (Phi) is 6.09. The van der Waals surface area contributed by atoms with Crippen molar-refractivity contribution in [2.24, 2.45) is 0 Å². The monoisotopic (exact) mass is 502 g/mol. The standard InChI is InChI=1S/C31H26N4O3/c1-38-26-17-11-21(12-18-26)19-28-33-30(22-7-3-2-4-8-22)31-29(23-13-15-25(16-14-23)35(36)37)32-27-10-6-5-9-24(27)20-34(28)31/h2-18,29,32H,19-20H2,1H3. The van der Waals surface area contributed by atoms with Crippen molar-refractivity contribution in [3.8, 4) is 17.0 Å². The summed E-state index contributed by atoms with van der Waals surface area (Å²) in [5.74, 6) is 1.77. The van der Waals surface area contributed by atoms with Crippen molar-refractivity contribution in [1.29, 1.82) is 0 Å². The topological polar surface area (TPSA) is 82.2 Å². The van der Waals surface area contributed by atoms with E-state index in [2.05, 4.69) is 46.3 Å². The van der Waals surface area contributed by atoms with Crippen LogP contribution in [0.4, 0.5) is 11.4 Å². The molecule has 0 radical (unpaired) electrons. The smallest absolute Gasteiger partial charge is 0.269 e. The molecule has 2 heterocycles. The molecule has 1 aromatic heterocycles. The molecule has 5 aromatic rings. The van der Waals surface area contributed by atoms with E-state index >= 15 is 0 Å². The van der Waals surface area contributed by atoms with Crippen LogP contribution in [0.25, 0.3) is 11.3 Å². The number of ether oxygens (including phenoxy) is 1. The molecule has 7 nitrogen and oxygen atoms in total. The highest BCUT2D eigenvalue weighted by atomic mass is 16.6. The molecule has 6 rings (SSSR count). The maximum absolute atomic E-state index is 11.3. The van der Waals surface area contributed by atoms with Crippen LogP contribution >= 0.6 is 0 Å². The molecule has 0 saturated carbocycles. The number of imidazole rings is 1. The van der Waals surface area contributed by atoms with Crippen LogP contribution in [0.15, 0.2) is 103 Å². The molecule has 38 heavy (non-hydrogen) atoms. The van der Waals surface area contributed by atoms with Crippen molar-refractivity contribution in [1.82, 2.24) is 9.55 Å². The number of nitro groups is 1. The third-order valence-corrected chi connectivity index (χ3v) is 7.01. The highest BCUT2D eigenvalue weighted by Crippen LogP contribution is 2.39. The predicted molar refractivity (Wildman–Crippen MR) is 148 cm³/mol. The molecule has 0 amide bonds. The largest absolute Gasteiger partial charge is 0.497 e. The Hall–Kier alpha value is -4.91. The molecular weight excluding hydrogens is 476 g/mol. The van der Waals surface area contributed by atoms with Gasteiger partial charge in [0.15, 0.2) is 0 Å². The molecule has 0 saturated heterocycles. The zero-order valence-corrected chi connectivity index (χ0v) is 20.9. The summed E-state index contributed by atoms with van der Waals surface area (Å²) >= 11 is 0. The maximum Gasteiger partial charge on any atom is 0.269 e. The molecule has 0 aliphatic carbocycles. The molecule has 1 aliphatic heterocycles. The van der Waals surface area contributed by atoms with Gasteiger partial charge < -0.3 is 14.6 Å². The van der Waals surface area contributed by atoms with E-state index in [9.17, 15) is 10.1 Å². The molecule has 1 atom stereocenters. The molecule has 188 valence electrons. The van der Waals surface area contributed by atoms with E-state index in [-0.39, 0.29) is 16.7 Å². The minimum Gasteiger partial charge on any atom is -0.497 e. The zero-order valence-electron chi connectivity index (χ0n) is 20.9. The number of benzene rings is 4. The van der Waals surface area contributed by atoms with Crippen molar-refractivity contribution < 1.29 is 9.66 Å². The maximum atomic E-state index is 11.3. The summed E-state index contributed by atoms with van der Waals surface area (Å²) < 4.78 is 7.65. The average molecular weight is 503 g/mol. The van der Waals surface area contributed by atoms with Crippen LogP contribution in [-0.4, -0.2) is 21.6 Å². The Morgan fingerprint density at radius 1 is 0.947 bits per heavy atom. The second-order valence-corrected chi connectivity index (χ2v) is 9.32. The third-order valence-electron chi connectivity index (χ3n) is 7.01. The molecule has 4 aromatic carbocycles. The van der Waals surface area contributed by atoms with Crippen LogP contribution in [0.2, 0.25) is 0 Å². The SMILES string of the molecule is COc1ccc(Cc2nc(-c3ccccc3)c3n2Cc2ccccc2NC3c2ccc([N+](=O)[O-])cc2)cc1. The number of anilines is 1. The lowest BCUT2D eigenvalue weighted by atomic mass is 9.98. The van der Waals surface area contributed by atoms with Gasteiger partial charge in [-0.05, 0) is 47.0 Å². The van der Waals surface area contributed by atoms with E-state index in [1.807, 2.05) is 54.6 Å². The van der Waals surface area contributed by atoms with E-state index in [1.165, 1.54) is 0 Å². The number of para-hydroxylation sites is 1. The fourth-order valence-corrected chi connectivity index (χ4v) is 5.07. The molecule has 1 unspecified atom stereocenters. The molecule has 1 N–H and O–H groups in total. The van der Waals surface area contributed by atoms with Gasteiger partial charge in [-0.1, -0.05) is 60.7 Å². The lowest BCUT2D eigenvalue weighted by Crippen LogP contribution is -2.16.